The molecule has 0 aromatic heterocycles. The highest BCUT2D eigenvalue weighted by Gasteiger charge is 2.27. The van der Waals surface area contributed by atoms with Crippen molar-refractivity contribution in [2.45, 2.75) is 32.8 Å². The second-order valence-electron chi connectivity index (χ2n) is 4.85. The molecule has 1 nitrogen and oxygen atoms in total. The summed E-state index contributed by atoms with van der Waals surface area (Å²) < 4.78 is 5.95. The number of hydrogen-bond acceptors (Lipinski definition) is 1. The van der Waals surface area contributed by atoms with Gasteiger partial charge in [-0.25, -0.2) is 0 Å². The summed E-state index contributed by atoms with van der Waals surface area (Å²) >= 11 is 0. The minimum Gasteiger partial charge on any atom is -0.373 e. The van der Waals surface area contributed by atoms with Gasteiger partial charge in [0.2, 0.25) is 0 Å². The van der Waals surface area contributed by atoms with E-state index >= 15 is 0 Å². The molecular formula is C15H20O. The summed E-state index contributed by atoms with van der Waals surface area (Å²) in [5.74, 6) is 0.963. The largest absolute Gasteiger partial charge is 0.373 e. The molecule has 2 rings (SSSR count). The third-order valence-corrected chi connectivity index (χ3v) is 3.39. The summed E-state index contributed by atoms with van der Waals surface area (Å²) in [4.78, 5) is 0. The van der Waals surface area contributed by atoms with Crippen molar-refractivity contribution in [3.63, 3.8) is 0 Å². The molecule has 0 spiro atoms. The quantitative estimate of drug-likeness (QED) is 0.684. The lowest BCUT2D eigenvalue weighted by molar-refractivity contribution is 0.0171. The van der Waals surface area contributed by atoms with Crippen LogP contribution in [-0.2, 0) is 4.74 Å². The van der Waals surface area contributed by atoms with Crippen LogP contribution in [0.25, 0.3) is 0 Å². The van der Waals surface area contributed by atoms with Crippen LogP contribution >= 0.6 is 0 Å². The number of ether oxygens (including phenoxy) is 1. The zero-order valence-electron chi connectivity index (χ0n) is 10.3. The first-order valence-corrected chi connectivity index (χ1v) is 6.02. The van der Waals surface area contributed by atoms with E-state index in [4.69, 9.17) is 4.74 Å². The monoisotopic (exact) mass is 216 g/mol. The van der Waals surface area contributed by atoms with Crippen LogP contribution in [-0.4, -0.2) is 12.7 Å². The van der Waals surface area contributed by atoms with Gasteiger partial charge in [0.05, 0.1) is 12.7 Å². The molecule has 1 aliphatic rings. The predicted molar refractivity (Wildman–Crippen MR) is 67.5 cm³/mol. The first-order valence-electron chi connectivity index (χ1n) is 6.02. The van der Waals surface area contributed by atoms with E-state index < -0.39 is 0 Å². The van der Waals surface area contributed by atoms with Crippen LogP contribution in [0.1, 0.15) is 32.3 Å². The van der Waals surface area contributed by atoms with Crippen molar-refractivity contribution in [1.29, 1.82) is 0 Å². The first-order chi connectivity index (χ1) is 7.68. The van der Waals surface area contributed by atoms with Crippen LogP contribution in [0, 0.1) is 5.92 Å². The molecule has 1 aliphatic heterocycles. The summed E-state index contributed by atoms with van der Waals surface area (Å²) in [5.41, 5.74) is 2.72. The summed E-state index contributed by atoms with van der Waals surface area (Å²) in [6.45, 7) is 7.42. The van der Waals surface area contributed by atoms with Gasteiger partial charge in [-0.15, -0.1) is 0 Å². The number of rotatable bonds is 2. The molecule has 0 fully saturated rings. The third kappa shape index (κ3) is 2.35. The average Bonchev–Trinajstić information content (AvgIpc) is 2.29. The van der Waals surface area contributed by atoms with Crippen molar-refractivity contribution in [1.82, 2.24) is 0 Å². The maximum atomic E-state index is 5.95. The first kappa shape index (κ1) is 11.4. The Balaban J connectivity index is 2.14. The number of hydrogen-bond donors (Lipinski definition) is 0. The molecule has 0 bridgehead atoms. The number of benzene rings is 1. The Hall–Kier alpha value is -1.08. The fourth-order valence-corrected chi connectivity index (χ4v) is 2.52. The van der Waals surface area contributed by atoms with Gasteiger partial charge >= 0.3 is 0 Å². The highest BCUT2D eigenvalue weighted by atomic mass is 16.5. The Labute approximate surface area is 98.1 Å². The fraction of sp³-hybridized carbons (Fsp3) is 0.467. The molecule has 3 atom stereocenters. The SMILES string of the molecule is CC1=C[C@@H](C)[C@@H](C(C)c2ccccc2)OC1. The Morgan fingerprint density at radius 3 is 2.56 bits per heavy atom. The lowest BCUT2D eigenvalue weighted by Gasteiger charge is -2.32. The summed E-state index contributed by atoms with van der Waals surface area (Å²) in [6, 6.07) is 10.6. The van der Waals surface area contributed by atoms with Crippen LogP contribution in [0.15, 0.2) is 42.0 Å². The normalized spacial score (nSPS) is 27.3. The van der Waals surface area contributed by atoms with Crippen molar-refractivity contribution in [2.75, 3.05) is 6.61 Å². The molecule has 1 heterocycles. The fourth-order valence-electron chi connectivity index (χ4n) is 2.52. The van der Waals surface area contributed by atoms with Crippen molar-refractivity contribution in [3.8, 4) is 0 Å². The zero-order chi connectivity index (χ0) is 11.5. The second kappa shape index (κ2) is 4.84. The predicted octanol–water partition coefficient (Wildman–Crippen LogP) is 3.77. The summed E-state index contributed by atoms with van der Waals surface area (Å²) in [7, 11) is 0. The highest BCUT2D eigenvalue weighted by Crippen LogP contribution is 2.30. The van der Waals surface area contributed by atoms with Crippen LogP contribution in [0.4, 0.5) is 0 Å². The molecule has 0 N–H and O–H groups in total. The summed E-state index contributed by atoms with van der Waals surface area (Å²) in [5, 5.41) is 0. The van der Waals surface area contributed by atoms with Gasteiger partial charge in [-0.1, -0.05) is 55.8 Å². The van der Waals surface area contributed by atoms with Crippen LogP contribution in [0.5, 0.6) is 0 Å². The zero-order valence-corrected chi connectivity index (χ0v) is 10.3. The molecule has 0 saturated carbocycles. The van der Waals surface area contributed by atoms with E-state index in [1.165, 1.54) is 11.1 Å². The lowest BCUT2D eigenvalue weighted by Crippen LogP contribution is -2.30. The van der Waals surface area contributed by atoms with E-state index in [2.05, 4.69) is 57.2 Å². The Morgan fingerprint density at radius 1 is 1.25 bits per heavy atom. The van der Waals surface area contributed by atoms with Crippen LogP contribution in [0.2, 0.25) is 0 Å². The van der Waals surface area contributed by atoms with Crippen LogP contribution in [0.3, 0.4) is 0 Å². The lowest BCUT2D eigenvalue weighted by atomic mass is 9.86. The average molecular weight is 216 g/mol. The molecule has 0 saturated heterocycles. The minimum atomic E-state index is 0.311. The maximum absolute atomic E-state index is 5.95. The van der Waals surface area contributed by atoms with E-state index in [1.54, 1.807) is 0 Å². The Bertz CT molecular complexity index is 366. The van der Waals surface area contributed by atoms with Crippen molar-refractivity contribution in [2.24, 2.45) is 5.92 Å². The molecule has 86 valence electrons. The van der Waals surface area contributed by atoms with Crippen molar-refractivity contribution < 1.29 is 4.74 Å². The van der Waals surface area contributed by atoms with Crippen LogP contribution < -0.4 is 0 Å². The molecule has 0 radical (unpaired) electrons. The molecule has 0 amide bonds. The molecule has 1 aromatic rings. The van der Waals surface area contributed by atoms with E-state index in [-0.39, 0.29) is 0 Å². The van der Waals surface area contributed by atoms with Gasteiger partial charge in [-0.2, -0.15) is 0 Å². The van der Waals surface area contributed by atoms with Gasteiger partial charge in [-0.3, -0.25) is 0 Å². The molecule has 1 aromatic carbocycles. The maximum Gasteiger partial charge on any atom is 0.0705 e. The van der Waals surface area contributed by atoms with E-state index in [0.717, 1.165) is 6.61 Å². The Morgan fingerprint density at radius 2 is 1.94 bits per heavy atom. The molecule has 0 aliphatic carbocycles. The summed E-state index contributed by atoms with van der Waals surface area (Å²) in [6.07, 6.45) is 2.65. The van der Waals surface area contributed by atoms with Gasteiger partial charge in [0.25, 0.3) is 0 Å². The Kier molecular flexibility index (Phi) is 3.45. The molecule has 1 unspecified atom stereocenters. The standard InChI is InChI=1S/C15H20O/c1-11-9-12(2)15(16-10-11)13(3)14-7-5-4-6-8-14/h4-9,12-13,15H,10H2,1-3H3/t12-,13?,15+/m1/s1. The van der Waals surface area contributed by atoms with E-state index in [0.29, 0.717) is 17.9 Å². The molecule has 1 heteroatoms. The molecular weight excluding hydrogens is 196 g/mol. The van der Waals surface area contributed by atoms with E-state index in [9.17, 15) is 0 Å². The minimum absolute atomic E-state index is 0.311. The topological polar surface area (TPSA) is 9.23 Å². The van der Waals surface area contributed by atoms with Crippen molar-refractivity contribution >= 4 is 0 Å². The second-order valence-corrected chi connectivity index (χ2v) is 4.85. The molecule has 16 heavy (non-hydrogen) atoms. The van der Waals surface area contributed by atoms with Gasteiger partial charge in [0, 0.05) is 11.8 Å². The smallest absolute Gasteiger partial charge is 0.0705 e. The van der Waals surface area contributed by atoms with Gasteiger partial charge in [0.1, 0.15) is 0 Å². The van der Waals surface area contributed by atoms with Crippen molar-refractivity contribution in [3.05, 3.63) is 47.5 Å². The van der Waals surface area contributed by atoms with Gasteiger partial charge in [-0.05, 0) is 12.5 Å². The van der Waals surface area contributed by atoms with E-state index in [1.807, 2.05) is 0 Å². The third-order valence-electron chi connectivity index (χ3n) is 3.39. The van der Waals surface area contributed by atoms with Gasteiger partial charge < -0.3 is 4.74 Å². The highest BCUT2D eigenvalue weighted by molar-refractivity contribution is 5.21. The van der Waals surface area contributed by atoms with Gasteiger partial charge in [0.15, 0.2) is 0 Å².